The summed E-state index contributed by atoms with van der Waals surface area (Å²) in [6.07, 6.45) is 54.9. The zero-order chi connectivity index (χ0) is 34.0. The summed E-state index contributed by atoms with van der Waals surface area (Å²) in [7, 11) is 0. The third kappa shape index (κ3) is 22.8. The SMILES string of the molecule is CCCCCCCCCCCCCCCCCCc1ccc[n+](-[n+]2ccccc2)c1CCCCCCCCCCCCCCCCCC. The zero-order valence-corrected chi connectivity index (χ0v) is 32.6. The van der Waals surface area contributed by atoms with Gasteiger partial charge in [0, 0.05) is 30.2 Å². The molecule has 0 aliphatic carbocycles. The van der Waals surface area contributed by atoms with Crippen LogP contribution in [0.3, 0.4) is 0 Å². The largest absolute Gasteiger partial charge is 0.257 e. The molecule has 2 heterocycles. The molecule has 0 saturated carbocycles. The van der Waals surface area contributed by atoms with Crippen LogP contribution in [0.15, 0.2) is 48.9 Å². The topological polar surface area (TPSA) is 7.76 Å². The summed E-state index contributed by atoms with van der Waals surface area (Å²) in [5.41, 5.74) is 3.10. The molecule has 0 aromatic carbocycles. The van der Waals surface area contributed by atoms with Crippen LogP contribution in [0.1, 0.15) is 231 Å². The van der Waals surface area contributed by atoms with E-state index in [4.69, 9.17) is 0 Å². The van der Waals surface area contributed by atoms with Crippen LogP contribution in [0.25, 0.3) is 0 Å². The van der Waals surface area contributed by atoms with Gasteiger partial charge >= 0.3 is 0 Å². The van der Waals surface area contributed by atoms with Crippen molar-refractivity contribution in [2.45, 2.75) is 232 Å². The average Bonchev–Trinajstić information content (AvgIpc) is 3.12. The Morgan fingerprint density at radius 3 is 1.04 bits per heavy atom. The minimum atomic E-state index is 1.19. The summed E-state index contributed by atoms with van der Waals surface area (Å²) in [4.78, 5) is 0. The van der Waals surface area contributed by atoms with Gasteiger partial charge in [-0.1, -0.05) is 206 Å². The maximum atomic E-state index is 2.41. The number of nitrogens with zero attached hydrogens (tertiary/aromatic N) is 2. The second kappa shape index (κ2) is 32.5. The van der Waals surface area contributed by atoms with E-state index in [-0.39, 0.29) is 0 Å². The Morgan fingerprint density at radius 2 is 0.667 bits per heavy atom. The first-order valence-electron chi connectivity index (χ1n) is 21.9. The van der Waals surface area contributed by atoms with Gasteiger partial charge in [-0.3, -0.25) is 0 Å². The molecule has 0 amide bonds. The molecule has 0 atom stereocenters. The molecule has 0 unspecified atom stereocenters. The number of aromatic nitrogens is 2. The number of hydrogen-bond acceptors (Lipinski definition) is 0. The molecule has 2 heteroatoms. The van der Waals surface area contributed by atoms with E-state index in [0.29, 0.717) is 0 Å². The zero-order valence-electron chi connectivity index (χ0n) is 32.6. The molecule has 274 valence electrons. The van der Waals surface area contributed by atoms with Crippen LogP contribution >= 0.6 is 0 Å². The maximum absolute atomic E-state index is 2.41. The Balaban J connectivity index is 1.57. The van der Waals surface area contributed by atoms with Crippen molar-refractivity contribution in [3.05, 3.63) is 60.2 Å². The molecule has 0 bridgehead atoms. The quantitative estimate of drug-likeness (QED) is 0.0512. The highest BCUT2D eigenvalue weighted by molar-refractivity contribution is 5.16. The Bertz CT molecular complexity index is 938. The van der Waals surface area contributed by atoms with E-state index in [1.807, 2.05) is 0 Å². The minimum absolute atomic E-state index is 1.19. The third-order valence-corrected chi connectivity index (χ3v) is 10.7. The highest BCUT2D eigenvalue weighted by Crippen LogP contribution is 2.18. The van der Waals surface area contributed by atoms with Gasteiger partial charge in [-0.15, -0.1) is 0 Å². The minimum Gasteiger partial charge on any atom is -0.0654 e. The lowest BCUT2D eigenvalue weighted by atomic mass is 9.99. The van der Waals surface area contributed by atoms with Crippen LogP contribution in [-0.2, 0) is 12.8 Å². The Hall–Kier alpha value is -1.70. The van der Waals surface area contributed by atoms with Gasteiger partial charge < -0.3 is 0 Å². The van der Waals surface area contributed by atoms with Gasteiger partial charge in [-0.25, -0.2) is 0 Å². The van der Waals surface area contributed by atoms with E-state index in [1.165, 1.54) is 224 Å². The van der Waals surface area contributed by atoms with Crippen LogP contribution in [0.5, 0.6) is 0 Å². The summed E-state index contributed by atoms with van der Waals surface area (Å²) in [5, 5.41) is 0. The molecule has 0 fully saturated rings. The van der Waals surface area contributed by atoms with Crippen molar-refractivity contribution < 1.29 is 9.35 Å². The number of pyridine rings is 2. The van der Waals surface area contributed by atoms with E-state index in [9.17, 15) is 0 Å². The van der Waals surface area contributed by atoms with Crippen molar-refractivity contribution in [2.75, 3.05) is 0 Å². The Morgan fingerprint density at radius 1 is 0.333 bits per heavy atom. The van der Waals surface area contributed by atoms with Crippen LogP contribution in [0.2, 0.25) is 0 Å². The molecular formula is C46H82N2+2. The second-order valence-electron chi connectivity index (χ2n) is 15.2. The summed E-state index contributed by atoms with van der Waals surface area (Å²) in [5.74, 6) is 0. The number of hydrogen-bond donors (Lipinski definition) is 0. The lowest BCUT2D eigenvalue weighted by Gasteiger charge is -2.07. The highest BCUT2D eigenvalue weighted by Gasteiger charge is 2.22. The Kier molecular flexibility index (Phi) is 28.8. The molecule has 48 heavy (non-hydrogen) atoms. The summed E-state index contributed by atoms with van der Waals surface area (Å²) in [6, 6.07) is 11.1. The average molecular weight is 663 g/mol. The molecular weight excluding hydrogens is 581 g/mol. The first-order chi connectivity index (χ1) is 23.9. The number of aryl methyl sites for hydroxylation is 1. The van der Waals surface area contributed by atoms with Gasteiger partial charge in [-0.2, -0.15) is 0 Å². The van der Waals surface area contributed by atoms with Crippen LogP contribution < -0.4 is 9.35 Å². The summed E-state index contributed by atoms with van der Waals surface area (Å²) >= 11 is 0. The van der Waals surface area contributed by atoms with Gasteiger partial charge in [0.05, 0.1) is 9.35 Å². The van der Waals surface area contributed by atoms with Gasteiger partial charge in [-0.05, 0) is 31.4 Å². The van der Waals surface area contributed by atoms with E-state index in [2.05, 4.69) is 72.1 Å². The van der Waals surface area contributed by atoms with Crippen molar-refractivity contribution in [1.82, 2.24) is 0 Å². The fourth-order valence-electron chi connectivity index (χ4n) is 7.53. The molecule has 2 aromatic rings. The van der Waals surface area contributed by atoms with E-state index < -0.39 is 0 Å². The van der Waals surface area contributed by atoms with Crippen LogP contribution in [0, 0.1) is 0 Å². The molecule has 2 nitrogen and oxygen atoms in total. The normalized spacial score (nSPS) is 11.5. The van der Waals surface area contributed by atoms with Crippen molar-refractivity contribution >= 4 is 0 Å². The second-order valence-corrected chi connectivity index (χ2v) is 15.2. The van der Waals surface area contributed by atoms with Gasteiger partial charge in [0.25, 0.3) is 5.69 Å². The first kappa shape index (κ1) is 42.5. The molecule has 0 radical (unpaired) electrons. The molecule has 0 saturated heterocycles. The lowest BCUT2D eigenvalue weighted by Crippen LogP contribution is -2.68. The molecule has 0 aliphatic heterocycles. The van der Waals surface area contributed by atoms with Gasteiger partial charge in [0.1, 0.15) is 0 Å². The van der Waals surface area contributed by atoms with Gasteiger partial charge in [0.15, 0.2) is 0 Å². The number of unbranched alkanes of at least 4 members (excludes halogenated alkanes) is 30. The van der Waals surface area contributed by atoms with E-state index in [1.54, 1.807) is 5.56 Å². The first-order valence-corrected chi connectivity index (χ1v) is 21.9. The van der Waals surface area contributed by atoms with Crippen molar-refractivity contribution in [2.24, 2.45) is 0 Å². The van der Waals surface area contributed by atoms with E-state index in [0.717, 1.165) is 0 Å². The monoisotopic (exact) mass is 663 g/mol. The van der Waals surface area contributed by atoms with E-state index >= 15 is 0 Å². The standard InChI is InChI=1S/C46H82N2/c1-3-5-7-9-11-13-15-17-19-21-23-25-27-29-31-34-39-45-40-38-44-48(47-42-36-33-37-43-47)46(45)41-35-32-30-28-26-24-22-20-18-16-14-12-10-8-6-4-2/h33,36-38,40,42-44H,3-32,34-35,39,41H2,1-2H3/q+2. The molecule has 0 aliphatic rings. The third-order valence-electron chi connectivity index (χ3n) is 10.7. The van der Waals surface area contributed by atoms with Crippen molar-refractivity contribution in [3.8, 4) is 0 Å². The maximum Gasteiger partial charge on any atom is 0.257 e. The van der Waals surface area contributed by atoms with Crippen LogP contribution in [-0.4, -0.2) is 0 Å². The Labute approximate surface area is 300 Å². The summed E-state index contributed by atoms with van der Waals surface area (Å²) in [6.45, 7) is 4.62. The summed E-state index contributed by atoms with van der Waals surface area (Å²) < 4.78 is 4.67. The van der Waals surface area contributed by atoms with Gasteiger partial charge in [0.2, 0.25) is 18.6 Å². The smallest absolute Gasteiger partial charge is 0.0654 e. The fourth-order valence-corrected chi connectivity index (χ4v) is 7.53. The molecule has 2 rings (SSSR count). The lowest BCUT2D eigenvalue weighted by molar-refractivity contribution is -1.30. The molecule has 2 aromatic heterocycles. The van der Waals surface area contributed by atoms with Crippen molar-refractivity contribution in [1.29, 1.82) is 0 Å². The molecule has 0 spiro atoms. The fraction of sp³-hybridized carbons (Fsp3) is 0.783. The predicted molar refractivity (Wildman–Crippen MR) is 211 cm³/mol. The van der Waals surface area contributed by atoms with Crippen molar-refractivity contribution in [3.63, 3.8) is 0 Å². The highest BCUT2D eigenvalue weighted by atomic mass is 15.4. The number of rotatable bonds is 35. The predicted octanol–water partition coefficient (Wildman–Crippen LogP) is 14.2. The van der Waals surface area contributed by atoms with Crippen LogP contribution in [0.4, 0.5) is 0 Å². The molecule has 0 N–H and O–H groups in total.